The van der Waals surface area contributed by atoms with E-state index in [0.29, 0.717) is 5.92 Å². The van der Waals surface area contributed by atoms with Crippen LogP contribution in [-0.4, -0.2) is 50.7 Å². The minimum atomic E-state index is -0.269. The van der Waals surface area contributed by atoms with Gasteiger partial charge in [-0.2, -0.15) is 16.9 Å². The van der Waals surface area contributed by atoms with Gasteiger partial charge in [-0.1, -0.05) is 13.8 Å². The summed E-state index contributed by atoms with van der Waals surface area (Å²) in [6.07, 6.45) is 7.61. The number of hydrogen-bond acceptors (Lipinski definition) is 4. The highest BCUT2D eigenvalue weighted by atomic mass is 32.2. The molecule has 2 rings (SSSR count). The molecule has 0 aromatic carbocycles. The lowest BCUT2D eigenvalue weighted by Crippen LogP contribution is -2.47. The van der Waals surface area contributed by atoms with Crippen molar-refractivity contribution >= 4 is 17.7 Å². The lowest BCUT2D eigenvalue weighted by Gasteiger charge is -2.37. The maximum atomic E-state index is 12.6. The molecule has 0 spiro atoms. The number of thioether (sulfide) groups is 1. The van der Waals surface area contributed by atoms with E-state index in [1.54, 1.807) is 24.4 Å². The molecule has 1 aliphatic rings. The Labute approximate surface area is 125 Å². The van der Waals surface area contributed by atoms with Crippen LogP contribution in [0.1, 0.15) is 26.7 Å². The second kappa shape index (κ2) is 6.61. The van der Waals surface area contributed by atoms with Gasteiger partial charge < -0.3 is 4.90 Å². The average molecular weight is 296 g/mol. The van der Waals surface area contributed by atoms with E-state index in [0.717, 1.165) is 38.2 Å². The van der Waals surface area contributed by atoms with Crippen LogP contribution < -0.4 is 0 Å². The highest BCUT2D eigenvalue weighted by molar-refractivity contribution is 7.98. The van der Waals surface area contributed by atoms with E-state index in [1.807, 2.05) is 23.4 Å². The first-order valence-corrected chi connectivity index (χ1v) is 8.53. The molecule has 0 radical (unpaired) electrons. The van der Waals surface area contributed by atoms with Gasteiger partial charge in [0, 0.05) is 25.4 Å². The normalized spacial score (nSPS) is 20.1. The first-order chi connectivity index (χ1) is 9.53. The van der Waals surface area contributed by atoms with Gasteiger partial charge in [-0.05, 0) is 25.0 Å². The number of amides is 1. The van der Waals surface area contributed by atoms with E-state index in [1.165, 1.54) is 0 Å². The fraction of sp³-hybridized carbons (Fsp3) is 0.786. The fourth-order valence-corrected chi connectivity index (χ4v) is 3.69. The smallest absolute Gasteiger partial charge is 0.229 e. The van der Waals surface area contributed by atoms with Gasteiger partial charge in [-0.25, -0.2) is 4.98 Å². The van der Waals surface area contributed by atoms with Gasteiger partial charge in [0.2, 0.25) is 5.91 Å². The van der Waals surface area contributed by atoms with Gasteiger partial charge in [0.15, 0.2) is 0 Å². The van der Waals surface area contributed by atoms with Gasteiger partial charge in [0.1, 0.15) is 12.7 Å². The van der Waals surface area contributed by atoms with Gasteiger partial charge in [0.05, 0.1) is 5.41 Å². The summed E-state index contributed by atoms with van der Waals surface area (Å²) in [6.45, 7) is 6.69. The number of aromatic nitrogens is 3. The van der Waals surface area contributed by atoms with E-state index < -0.39 is 0 Å². The van der Waals surface area contributed by atoms with E-state index in [9.17, 15) is 4.79 Å². The summed E-state index contributed by atoms with van der Waals surface area (Å²) < 4.78 is 1.87. The molecule has 20 heavy (non-hydrogen) atoms. The van der Waals surface area contributed by atoms with Crippen molar-refractivity contribution in [2.75, 3.05) is 25.1 Å². The minimum absolute atomic E-state index is 0.269. The number of carbonyl (C=O) groups is 1. The Bertz CT molecular complexity index is 432. The summed E-state index contributed by atoms with van der Waals surface area (Å²) in [5.74, 6) is 1.64. The zero-order valence-corrected chi connectivity index (χ0v) is 13.4. The van der Waals surface area contributed by atoms with Gasteiger partial charge in [0.25, 0.3) is 0 Å². The molecule has 0 aliphatic carbocycles. The Kier molecular flexibility index (Phi) is 5.07. The Morgan fingerprint density at radius 2 is 2.30 bits per heavy atom. The van der Waals surface area contributed by atoms with Crippen LogP contribution in [0.5, 0.6) is 0 Å². The second-order valence-electron chi connectivity index (χ2n) is 6.19. The third-order valence-corrected chi connectivity index (χ3v) is 4.81. The highest BCUT2D eigenvalue weighted by Gasteiger charge is 2.34. The number of likely N-dealkylation sites (tertiary alicyclic amines) is 1. The summed E-state index contributed by atoms with van der Waals surface area (Å²) in [5.41, 5.74) is -0.269. The summed E-state index contributed by atoms with van der Waals surface area (Å²) in [4.78, 5) is 18.7. The fourth-order valence-electron chi connectivity index (χ4n) is 2.84. The Morgan fingerprint density at radius 3 is 2.95 bits per heavy atom. The van der Waals surface area contributed by atoms with Crippen LogP contribution in [0.15, 0.2) is 12.7 Å². The number of rotatable bonds is 5. The lowest BCUT2D eigenvalue weighted by atomic mass is 9.91. The van der Waals surface area contributed by atoms with Crippen molar-refractivity contribution in [1.82, 2.24) is 19.7 Å². The molecular weight excluding hydrogens is 272 g/mol. The van der Waals surface area contributed by atoms with Crippen molar-refractivity contribution < 1.29 is 4.79 Å². The zero-order valence-electron chi connectivity index (χ0n) is 12.6. The molecule has 1 saturated heterocycles. The summed E-state index contributed by atoms with van der Waals surface area (Å²) in [5, 5.41) is 4.16. The quantitative estimate of drug-likeness (QED) is 0.833. The van der Waals surface area contributed by atoms with Crippen LogP contribution in [0, 0.1) is 11.3 Å². The summed E-state index contributed by atoms with van der Waals surface area (Å²) in [7, 11) is 0. The van der Waals surface area contributed by atoms with Crippen LogP contribution in [0.2, 0.25) is 0 Å². The highest BCUT2D eigenvalue weighted by Crippen LogP contribution is 2.27. The molecule has 1 amide bonds. The van der Waals surface area contributed by atoms with Gasteiger partial charge in [-0.15, -0.1) is 0 Å². The Balaban J connectivity index is 1.94. The topological polar surface area (TPSA) is 51.0 Å². The standard InChI is InChI=1S/C14H24N4OS/c1-14(2,9-20-3)13(19)17-6-4-5-12(7-17)8-18-11-15-10-16-18/h10-12H,4-9H2,1-3H3/t12-/m1/s1. The van der Waals surface area contributed by atoms with Crippen LogP contribution in [-0.2, 0) is 11.3 Å². The molecule has 1 fully saturated rings. The second-order valence-corrected chi connectivity index (χ2v) is 7.06. The monoisotopic (exact) mass is 296 g/mol. The molecule has 6 heteroatoms. The predicted octanol–water partition coefficient (Wildman–Crippen LogP) is 1.91. The molecule has 1 aromatic heterocycles. The predicted molar refractivity (Wildman–Crippen MR) is 81.5 cm³/mol. The molecule has 1 aromatic rings. The van der Waals surface area contributed by atoms with E-state index in [-0.39, 0.29) is 11.3 Å². The third-order valence-electron chi connectivity index (χ3n) is 3.80. The number of carbonyl (C=O) groups excluding carboxylic acids is 1. The van der Waals surface area contributed by atoms with Crippen molar-refractivity contribution in [1.29, 1.82) is 0 Å². The summed E-state index contributed by atoms with van der Waals surface area (Å²) in [6, 6.07) is 0. The Hall–Kier alpha value is -1.04. The average Bonchev–Trinajstić information content (AvgIpc) is 2.91. The molecule has 5 nitrogen and oxygen atoms in total. The number of piperidine rings is 1. The van der Waals surface area contributed by atoms with Crippen LogP contribution in [0.3, 0.4) is 0 Å². The van der Waals surface area contributed by atoms with Gasteiger partial charge in [-0.3, -0.25) is 9.48 Å². The lowest BCUT2D eigenvalue weighted by molar-refractivity contribution is -0.141. The van der Waals surface area contributed by atoms with Crippen molar-refractivity contribution in [2.45, 2.75) is 33.2 Å². The Morgan fingerprint density at radius 1 is 1.50 bits per heavy atom. The van der Waals surface area contributed by atoms with Crippen LogP contribution >= 0.6 is 11.8 Å². The first kappa shape index (κ1) is 15.4. The van der Waals surface area contributed by atoms with Crippen molar-refractivity contribution in [2.24, 2.45) is 11.3 Å². The number of hydrogen-bond donors (Lipinski definition) is 0. The molecule has 2 heterocycles. The first-order valence-electron chi connectivity index (χ1n) is 7.13. The molecular formula is C14H24N4OS. The maximum Gasteiger partial charge on any atom is 0.229 e. The van der Waals surface area contributed by atoms with Crippen LogP contribution in [0.4, 0.5) is 0 Å². The van der Waals surface area contributed by atoms with Crippen molar-refractivity contribution in [3.8, 4) is 0 Å². The van der Waals surface area contributed by atoms with Crippen molar-refractivity contribution in [3.63, 3.8) is 0 Å². The minimum Gasteiger partial charge on any atom is -0.342 e. The maximum absolute atomic E-state index is 12.6. The van der Waals surface area contributed by atoms with Crippen LogP contribution in [0.25, 0.3) is 0 Å². The zero-order chi connectivity index (χ0) is 14.6. The molecule has 0 saturated carbocycles. The molecule has 1 atom stereocenters. The van der Waals surface area contributed by atoms with E-state index in [4.69, 9.17) is 0 Å². The molecule has 1 aliphatic heterocycles. The largest absolute Gasteiger partial charge is 0.342 e. The van der Waals surface area contributed by atoms with E-state index in [2.05, 4.69) is 16.3 Å². The molecule has 112 valence electrons. The van der Waals surface area contributed by atoms with Gasteiger partial charge >= 0.3 is 0 Å². The summed E-state index contributed by atoms with van der Waals surface area (Å²) >= 11 is 1.74. The molecule has 0 bridgehead atoms. The van der Waals surface area contributed by atoms with E-state index >= 15 is 0 Å². The molecule has 0 unspecified atom stereocenters. The third kappa shape index (κ3) is 3.75. The molecule has 0 N–H and O–H groups in total. The SMILES string of the molecule is CSCC(C)(C)C(=O)N1CCC[C@@H](Cn2cncn2)C1. The number of nitrogens with zero attached hydrogens (tertiary/aromatic N) is 4. The van der Waals surface area contributed by atoms with Crippen molar-refractivity contribution in [3.05, 3.63) is 12.7 Å².